The fourth-order valence-electron chi connectivity index (χ4n) is 1.43. The minimum Gasteiger partial charge on any atom is -0.538 e. The first-order valence-electron chi connectivity index (χ1n) is 4.20. The monoisotopic (exact) mass is 186 g/mol. The standard InChI is InChI=1S/C8H14N2O3/c1-9-3-4-10(5-6-13-2)7(9)8(11)12/h3-6H2,1-2H3. The highest BCUT2D eigenvalue weighted by Crippen LogP contribution is 1.99. The van der Waals surface area contributed by atoms with Crippen LogP contribution in [-0.4, -0.2) is 61.7 Å². The zero-order chi connectivity index (χ0) is 9.84. The van der Waals surface area contributed by atoms with E-state index >= 15 is 0 Å². The summed E-state index contributed by atoms with van der Waals surface area (Å²) in [6.45, 7) is 2.59. The van der Waals surface area contributed by atoms with E-state index in [9.17, 15) is 9.90 Å². The van der Waals surface area contributed by atoms with Gasteiger partial charge in [0.05, 0.1) is 13.7 Å². The van der Waals surface area contributed by atoms with Crippen molar-refractivity contribution >= 4 is 11.8 Å². The van der Waals surface area contributed by atoms with Crippen LogP contribution in [0.5, 0.6) is 0 Å². The number of carbonyl (C=O) groups excluding carboxylic acids is 1. The molecule has 1 heterocycles. The topological polar surface area (TPSA) is 55.6 Å². The maximum absolute atomic E-state index is 10.7. The van der Waals surface area contributed by atoms with Gasteiger partial charge in [0.1, 0.15) is 19.6 Å². The molecule has 1 rings (SSSR count). The van der Waals surface area contributed by atoms with Crippen molar-refractivity contribution in [2.45, 2.75) is 0 Å². The van der Waals surface area contributed by atoms with Gasteiger partial charge in [0.25, 0.3) is 5.84 Å². The van der Waals surface area contributed by atoms with Crippen LogP contribution in [0.1, 0.15) is 0 Å². The van der Waals surface area contributed by atoms with Crippen LogP contribution in [0, 0.1) is 0 Å². The highest BCUT2D eigenvalue weighted by atomic mass is 16.5. The van der Waals surface area contributed by atoms with Gasteiger partial charge in [-0.2, -0.15) is 0 Å². The van der Waals surface area contributed by atoms with Crippen molar-refractivity contribution in [3.8, 4) is 0 Å². The molecule has 0 saturated carbocycles. The van der Waals surface area contributed by atoms with E-state index in [2.05, 4.69) is 0 Å². The van der Waals surface area contributed by atoms with E-state index in [4.69, 9.17) is 4.74 Å². The summed E-state index contributed by atoms with van der Waals surface area (Å²) >= 11 is 0. The fourth-order valence-corrected chi connectivity index (χ4v) is 1.43. The van der Waals surface area contributed by atoms with Crippen LogP contribution in [0.4, 0.5) is 0 Å². The van der Waals surface area contributed by atoms with E-state index in [1.54, 1.807) is 23.6 Å². The molecule has 0 bridgehead atoms. The average molecular weight is 186 g/mol. The number of aliphatic carboxylic acids is 1. The summed E-state index contributed by atoms with van der Waals surface area (Å²) in [5, 5.41) is 10.7. The predicted octanol–water partition coefficient (Wildman–Crippen LogP) is -2.26. The predicted molar refractivity (Wildman–Crippen MR) is 44.5 cm³/mol. The zero-order valence-electron chi connectivity index (χ0n) is 7.95. The molecule has 0 spiro atoms. The van der Waals surface area contributed by atoms with Crippen LogP contribution < -0.4 is 5.11 Å². The average Bonchev–Trinajstić information content (AvgIpc) is 2.43. The lowest BCUT2D eigenvalue weighted by Crippen LogP contribution is -2.45. The molecule has 0 N–H and O–H groups in total. The number of amidine groups is 1. The first kappa shape index (κ1) is 9.98. The molecule has 0 aromatic rings. The van der Waals surface area contributed by atoms with Gasteiger partial charge in [-0.3, -0.25) is 9.48 Å². The van der Waals surface area contributed by atoms with Gasteiger partial charge < -0.3 is 14.6 Å². The number of ether oxygens (including phenoxy) is 1. The van der Waals surface area contributed by atoms with Gasteiger partial charge in [-0.1, -0.05) is 0 Å². The van der Waals surface area contributed by atoms with Crippen molar-refractivity contribution in [3.63, 3.8) is 0 Å². The van der Waals surface area contributed by atoms with Crippen molar-refractivity contribution in [2.75, 3.05) is 40.4 Å². The minimum absolute atomic E-state index is 0.261. The molecule has 0 aromatic carbocycles. The molecule has 13 heavy (non-hydrogen) atoms. The van der Waals surface area contributed by atoms with Gasteiger partial charge in [-0.15, -0.1) is 0 Å². The van der Waals surface area contributed by atoms with E-state index in [1.165, 1.54) is 0 Å². The Bertz CT molecular complexity index is 238. The molecule has 0 saturated heterocycles. The Hall–Kier alpha value is -1.10. The Morgan fingerprint density at radius 2 is 2.46 bits per heavy atom. The van der Waals surface area contributed by atoms with Crippen molar-refractivity contribution in [3.05, 3.63) is 0 Å². The maximum atomic E-state index is 10.7. The number of rotatable bonds is 4. The summed E-state index contributed by atoms with van der Waals surface area (Å²) in [7, 11) is 3.34. The van der Waals surface area contributed by atoms with Crippen molar-refractivity contribution < 1.29 is 19.2 Å². The van der Waals surface area contributed by atoms with Crippen LogP contribution in [0.2, 0.25) is 0 Å². The molecule has 5 heteroatoms. The number of carboxylic acid groups (broad SMARTS) is 1. The molecule has 0 aromatic heterocycles. The number of hydrogen-bond donors (Lipinski definition) is 0. The van der Waals surface area contributed by atoms with E-state index in [0.29, 0.717) is 13.2 Å². The molecule has 1 aliphatic rings. The van der Waals surface area contributed by atoms with Crippen LogP contribution in [0.3, 0.4) is 0 Å². The van der Waals surface area contributed by atoms with Gasteiger partial charge in [0.15, 0.2) is 5.97 Å². The van der Waals surface area contributed by atoms with Crippen molar-refractivity contribution in [1.82, 2.24) is 4.90 Å². The molecular weight excluding hydrogens is 172 g/mol. The smallest absolute Gasteiger partial charge is 0.295 e. The van der Waals surface area contributed by atoms with Gasteiger partial charge >= 0.3 is 0 Å². The molecule has 0 aliphatic carbocycles. The van der Waals surface area contributed by atoms with Crippen LogP contribution in [0.25, 0.3) is 0 Å². The highest BCUT2D eigenvalue weighted by molar-refractivity contribution is 6.31. The second kappa shape index (κ2) is 4.23. The van der Waals surface area contributed by atoms with Crippen molar-refractivity contribution in [1.29, 1.82) is 0 Å². The lowest BCUT2D eigenvalue weighted by molar-refractivity contribution is -0.488. The second-order valence-electron chi connectivity index (χ2n) is 3.01. The molecule has 0 fully saturated rings. The van der Waals surface area contributed by atoms with Crippen LogP contribution in [-0.2, 0) is 9.53 Å². The Morgan fingerprint density at radius 1 is 1.77 bits per heavy atom. The third kappa shape index (κ3) is 2.18. The number of nitrogens with zero attached hydrogens (tertiary/aromatic N) is 2. The fraction of sp³-hybridized carbons (Fsp3) is 0.750. The summed E-state index contributed by atoms with van der Waals surface area (Å²) < 4.78 is 6.57. The zero-order valence-corrected chi connectivity index (χ0v) is 7.95. The summed E-state index contributed by atoms with van der Waals surface area (Å²) in [4.78, 5) is 12.5. The second-order valence-corrected chi connectivity index (χ2v) is 3.01. The lowest BCUT2D eigenvalue weighted by atomic mass is 10.4. The van der Waals surface area contributed by atoms with E-state index < -0.39 is 5.97 Å². The quantitative estimate of drug-likeness (QED) is 0.465. The Kier molecular flexibility index (Phi) is 3.25. The van der Waals surface area contributed by atoms with Gasteiger partial charge in [-0.05, 0) is 0 Å². The summed E-state index contributed by atoms with van der Waals surface area (Å²) in [5.74, 6) is -0.854. The Morgan fingerprint density at radius 3 is 3.00 bits per heavy atom. The van der Waals surface area contributed by atoms with E-state index in [1.807, 2.05) is 0 Å². The van der Waals surface area contributed by atoms with E-state index in [0.717, 1.165) is 13.1 Å². The van der Waals surface area contributed by atoms with Gasteiger partial charge in [-0.25, -0.2) is 0 Å². The molecule has 0 amide bonds. The summed E-state index contributed by atoms with van der Waals surface area (Å²) in [6, 6.07) is 0. The van der Waals surface area contributed by atoms with Crippen molar-refractivity contribution in [2.24, 2.45) is 0 Å². The number of methoxy groups -OCH3 is 1. The van der Waals surface area contributed by atoms with E-state index in [-0.39, 0.29) is 5.84 Å². The van der Waals surface area contributed by atoms with Crippen LogP contribution >= 0.6 is 0 Å². The number of carbonyl (C=O) groups is 1. The molecule has 5 nitrogen and oxygen atoms in total. The number of carboxylic acids is 1. The largest absolute Gasteiger partial charge is 0.538 e. The third-order valence-corrected chi connectivity index (χ3v) is 2.11. The SMILES string of the molecule is COCCN1CC[N+](C)=C1C(=O)[O-]. The normalized spacial score (nSPS) is 16.9. The van der Waals surface area contributed by atoms with Gasteiger partial charge in [0.2, 0.25) is 0 Å². The molecule has 0 unspecified atom stereocenters. The Labute approximate surface area is 77.2 Å². The Balaban J connectivity index is 2.62. The summed E-state index contributed by atoms with van der Waals surface area (Å²) in [6.07, 6.45) is 0. The number of likely N-dealkylation sites (N-methyl/N-ethyl adjacent to an activating group) is 1. The molecule has 74 valence electrons. The highest BCUT2D eigenvalue weighted by Gasteiger charge is 2.28. The van der Waals surface area contributed by atoms with Crippen LogP contribution in [0.15, 0.2) is 0 Å². The molecule has 0 atom stereocenters. The molecule has 0 radical (unpaired) electrons. The maximum Gasteiger partial charge on any atom is 0.295 e. The lowest BCUT2D eigenvalue weighted by Gasteiger charge is -2.12. The third-order valence-electron chi connectivity index (χ3n) is 2.11. The van der Waals surface area contributed by atoms with Gasteiger partial charge in [0, 0.05) is 7.11 Å². The molecule has 1 aliphatic heterocycles. The first-order chi connectivity index (χ1) is 6.16. The minimum atomic E-state index is -1.11. The first-order valence-corrected chi connectivity index (χ1v) is 4.20. The molecular formula is C8H14N2O3. The number of hydrogen-bond acceptors (Lipinski definition) is 4. The summed E-state index contributed by atoms with van der Waals surface area (Å²) in [5.41, 5.74) is 0.